The van der Waals surface area contributed by atoms with Crippen molar-refractivity contribution in [2.45, 2.75) is 26.4 Å². The summed E-state index contributed by atoms with van der Waals surface area (Å²) in [7, 11) is 1.68. The van der Waals surface area contributed by atoms with Crippen molar-refractivity contribution in [3.05, 3.63) is 89.0 Å². The zero-order valence-corrected chi connectivity index (χ0v) is 15.0. The molecule has 0 unspecified atom stereocenters. The highest BCUT2D eigenvalue weighted by molar-refractivity contribution is 5.95. The number of benzene rings is 2. The highest BCUT2D eigenvalue weighted by atomic mass is 19.1. The minimum atomic E-state index is -0.303. The number of aromatic nitrogens is 2. The van der Waals surface area contributed by atoms with Crippen LogP contribution in [0.15, 0.2) is 60.8 Å². The maximum Gasteiger partial charge on any atom is 0.257 e. The van der Waals surface area contributed by atoms with Crippen LogP contribution in [0.1, 0.15) is 34.1 Å². The summed E-state index contributed by atoms with van der Waals surface area (Å²) in [5.74, 6) is -0.452. The lowest BCUT2D eigenvalue weighted by Crippen LogP contribution is -2.27. The van der Waals surface area contributed by atoms with Gasteiger partial charge in [0.1, 0.15) is 5.82 Å². The number of hydrogen-bond donors (Lipinski definition) is 0. The van der Waals surface area contributed by atoms with E-state index in [1.54, 1.807) is 31.4 Å². The number of halogens is 1. The number of carbonyl (C=O) groups excluding carboxylic acids is 1. The zero-order valence-electron chi connectivity index (χ0n) is 15.0. The van der Waals surface area contributed by atoms with Crippen LogP contribution in [0.5, 0.6) is 0 Å². The lowest BCUT2D eigenvalue weighted by Gasteiger charge is -2.18. The highest BCUT2D eigenvalue weighted by Crippen LogP contribution is 2.16. The molecule has 3 aromatic rings. The Morgan fingerprint density at radius 3 is 2.50 bits per heavy atom. The van der Waals surface area contributed by atoms with Crippen LogP contribution in [0.3, 0.4) is 0 Å². The van der Waals surface area contributed by atoms with Gasteiger partial charge in [-0.2, -0.15) is 5.10 Å². The Labute approximate surface area is 152 Å². The van der Waals surface area contributed by atoms with Gasteiger partial charge in [0, 0.05) is 19.2 Å². The molecule has 1 heterocycles. The van der Waals surface area contributed by atoms with E-state index in [0.717, 1.165) is 11.3 Å². The fourth-order valence-electron chi connectivity index (χ4n) is 3.01. The van der Waals surface area contributed by atoms with Crippen LogP contribution < -0.4 is 0 Å². The predicted octanol–water partition coefficient (Wildman–Crippen LogP) is 3.91. The van der Waals surface area contributed by atoms with E-state index in [1.807, 2.05) is 41.9 Å². The van der Waals surface area contributed by atoms with Crippen molar-refractivity contribution >= 4 is 5.91 Å². The van der Waals surface area contributed by atoms with Crippen molar-refractivity contribution in [1.82, 2.24) is 14.7 Å². The third kappa shape index (κ3) is 3.82. The summed E-state index contributed by atoms with van der Waals surface area (Å²) >= 11 is 0. The first-order chi connectivity index (χ1) is 12.6. The SMILES string of the molecule is CCc1c(C(=O)N(C)Cc2ccccc2F)cnn1Cc1ccccc1. The lowest BCUT2D eigenvalue weighted by molar-refractivity contribution is 0.0782. The van der Waals surface area contributed by atoms with E-state index in [2.05, 4.69) is 5.10 Å². The van der Waals surface area contributed by atoms with Gasteiger partial charge in [-0.1, -0.05) is 55.5 Å². The van der Waals surface area contributed by atoms with Crippen molar-refractivity contribution in [3.63, 3.8) is 0 Å². The van der Waals surface area contributed by atoms with Gasteiger partial charge in [0.25, 0.3) is 5.91 Å². The van der Waals surface area contributed by atoms with Gasteiger partial charge in [0.2, 0.25) is 0 Å². The Balaban J connectivity index is 1.80. The van der Waals surface area contributed by atoms with Gasteiger partial charge in [-0.15, -0.1) is 0 Å². The van der Waals surface area contributed by atoms with Crippen molar-refractivity contribution in [2.75, 3.05) is 7.05 Å². The van der Waals surface area contributed by atoms with E-state index >= 15 is 0 Å². The fraction of sp³-hybridized carbons (Fsp3) is 0.238. The molecule has 0 bridgehead atoms. The fourth-order valence-corrected chi connectivity index (χ4v) is 3.01. The molecule has 3 rings (SSSR count). The summed E-state index contributed by atoms with van der Waals surface area (Å²) in [5.41, 5.74) is 3.09. The van der Waals surface area contributed by atoms with Gasteiger partial charge in [0.05, 0.1) is 24.0 Å². The molecule has 0 atom stereocenters. The summed E-state index contributed by atoms with van der Waals surface area (Å²) < 4.78 is 15.7. The van der Waals surface area contributed by atoms with E-state index in [-0.39, 0.29) is 18.3 Å². The first kappa shape index (κ1) is 17.9. The molecule has 26 heavy (non-hydrogen) atoms. The average Bonchev–Trinajstić information content (AvgIpc) is 3.06. The first-order valence-electron chi connectivity index (χ1n) is 8.67. The van der Waals surface area contributed by atoms with Crippen molar-refractivity contribution in [3.8, 4) is 0 Å². The Bertz CT molecular complexity index is 889. The molecule has 0 fully saturated rings. The van der Waals surface area contributed by atoms with Crippen molar-refractivity contribution < 1.29 is 9.18 Å². The molecule has 0 saturated heterocycles. The Morgan fingerprint density at radius 2 is 1.81 bits per heavy atom. The normalized spacial score (nSPS) is 10.7. The van der Waals surface area contributed by atoms with Crippen LogP contribution in [0.25, 0.3) is 0 Å². The Kier molecular flexibility index (Phi) is 5.46. The van der Waals surface area contributed by atoms with Crippen LogP contribution in [0.4, 0.5) is 4.39 Å². The van der Waals surface area contributed by atoms with E-state index < -0.39 is 0 Å². The van der Waals surface area contributed by atoms with E-state index in [4.69, 9.17) is 0 Å². The number of amides is 1. The molecule has 0 aliphatic rings. The Morgan fingerprint density at radius 1 is 1.12 bits per heavy atom. The van der Waals surface area contributed by atoms with Gasteiger partial charge in [-0.05, 0) is 18.1 Å². The molecule has 0 aliphatic heterocycles. The molecule has 2 aromatic carbocycles. The second-order valence-corrected chi connectivity index (χ2v) is 6.25. The molecule has 0 aliphatic carbocycles. The summed E-state index contributed by atoms with van der Waals surface area (Å²) in [6, 6.07) is 16.5. The van der Waals surface area contributed by atoms with Crippen LogP contribution in [-0.2, 0) is 19.5 Å². The molecule has 0 saturated carbocycles. The molecule has 5 heteroatoms. The molecule has 134 valence electrons. The molecular formula is C21H22FN3O. The highest BCUT2D eigenvalue weighted by Gasteiger charge is 2.20. The molecule has 4 nitrogen and oxygen atoms in total. The third-order valence-electron chi connectivity index (χ3n) is 4.40. The maximum absolute atomic E-state index is 13.9. The molecule has 0 spiro atoms. The smallest absolute Gasteiger partial charge is 0.257 e. The Hall–Kier alpha value is -2.95. The number of nitrogens with zero attached hydrogens (tertiary/aromatic N) is 3. The zero-order chi connectivity index (χ0) is 18.5. The van der Waals surface area contributed by atoms with E-state index in [0.29, 0.717) is 24.1 Å². The van der Waals surface area contributed by atoms with Gasteiger partial charge in [0.15, 0.2) is 0 Å². The molecular weight excluding hydrogens is 329 g/mol. The number of rotatable bonds is 6. The number of carbonyl (C=O) groups is 1. The summed E-state index contributed by atoms with van der Waals surface area (Å²) in [5, 5.41) is 4.41. The number of hydrogen-bond acceptors (Lipinski definition) is 2. The maximum atomic E-state index is 13.9. The third-order valence-corrected chi connectivity index (χ3v) is 4.40. The topological polar surface area (TPSA) is 38.1 Å². The second kappa shape index (κ2) is 7.95. The molecule has 1 aromatic heterocycles. The average molecular weight is 351 g/mol. The quantitative estimate of drug-likeness (QED) is 0.675. The van der Waals surface area contributed by atoms with Gasteiger partial charge < -0.3 is 4.90 Å². The van der Waals surface area contributed by atoms with Crippen LogP contribution in [-0.4, -0.2) is 27.6 Å². The molecule has 1 amide bonds. The van der Waals surface area contributed by atoms with Gasteiger partial charge in [-0.25, -0.2) is 4.39 Å². The van der Waals surface area contributed by atoms with Crippen LogP contribution in [0.2, 0.25) is 0 Å². The summed E-state index contributed by atoms with van der Waals surface area (Å²) in [6.45, 7) is 2.85. The summed E-state index contributed by atoms with van der Waals surface area (Å²) in [4.78, 5) is 14.4. The van der Waals surface area contributed by atoms with Gasteiger partial charge >= 0.3 is 0 Å². The second-order valence-electron chi connectivity index (χ2n) is 6.25. The largest absolute Gasteiger partial charge is 0.337 e. The first-order valence-corrected chi connectivity index (χ1v) is 8.67. The minimum absolute atomic E-state index is 0.149. The van der Waals surface area contributed by atoms with Crippen molar-refractivity contribution in [1.29, 1.82) is 0 Å². The minimum Gasteiger partial charge on any atom is -0.337 e. The standard InChI is InChI=1S/C21H22FN3O/c1-3-20-18(13-23-25(20)14-16-9-5-4-6-10-16)21(26)24(2)15-17-11-7-8-12-19(17)22/h4-13H,3,14-15H2,1-2H3. The lowest BCUT2D eigenvalue weighted by atomic mass is 10.1. The monoisotopic (exact) mass is 351 g/mol. The van der Waals surface area contributed by atoms with Crippen molar-refractivity contribution in [2.24, 2.45) is 0 Å². The van der Waals surface area contributed by atoms with E-state index in [1.165, 1.54) is 11.0 Å². The predicted molar refractivity (Wildman–Crippen MR) is 99.3 cm³/mol. The van der Waals surface area contributed by atoms with E-state index in [9.17, 15) is 9.18 Å². The van der Waals surface area contributed by atoms with Gasteiger partial charge in [-0.3, -0.25) is 9.48 Å². The van der Waals surface area contributed by atoms with Crippen LogP contribution >= 0.6 is 0 Å². The summed E-state index contributed by atoms with van der Waals surface area (Å²) in [6.07, 6.45) is 2.31. The molecule has 0 N–H and O–H groups in total. The molecule has 0 radical (unpaired) electrons. The van der Waals surface area contributed by atoms with Crippen LogP contribution in [0, 0.1) is 5.82 Å².